The summed E-state index contributed by atoms with van der Waals surface area (Å²) in [5.41, 5.74) is -2.04. The number of thiazole rings is 1. The molecule has 0 radical (unpaired) electrons. The quantitative estimate of drug-likeness (QED) is 0.272. The van der Waals surface area contributed by atoms with E-state index in [1.807, 2.05) is 4.90 Å². The highest BCUT2D eigenvalue weighted by atomic mass is 32.1. The van der Waals surface area contributed by atoms with Crippen LogP contribution < -0.4 is 16.0 Å². The number of morpholine rings is 1. The second-order valence-electron chi connectivity index (χ2n) is 9.60. The van der Waals surface area contributed by atoms with Crippen molar-refractivity contribution in [2.24, 2.45) is 0 Å². The number of nitrogens with zero attached hydrogens (tertiary/aromatic N) is 4. The molecule has 46 heavy (non-hydrogen) atoms. The molecule has 1 fully saturated rings. The van der Waals surface area contributed by atoms with E-state index in [-0.39, 0.29) is 41.2 Å². The van der Waals surface area contributed by atoms with Crippen LogP contribution in [0.5, 0.6) is 0 Å². The number of rotatable bonds is 10. The zero-order valence-corrected chi connectivity index (χ0v) is 25.8. The number of aromatic nitrogens is 3. The summed E-state index contributed by atoms with van der Waals surface area (Å²) in [6, 6.07) is 0.568. The molecule has 4 rings (SSSR count). The first-order valence-corrected chi connectivity index (χ1v) is 14.7. The third-order valence-electron chi connectivity index (χ3n) is 6.64. The van der Waals surface area contributed by atoms with Crippen molar-refractivity contribution in [2.75, 3.05) is 65.5 Å². The van der Waals surface area contributed by atoms with Crippen LogP contribution in [0.25, 0.3) is 21.7 Å². The second kappa shape index (κ2) is 15.1. The molecule has 1 saturated heterocycles. The number of carbonyl (C=O) groups is 4. The average molecular weight is 666 g/mol. The summed E-state index contributed by atoms with van der Waals surface area (Å²) < 4.78 is 58.0. The zero-order chi connectivity index (χ0) is 33.4. The summed E-state index contributed by atoms with van der Waals surface area (Å²) in [5.74, 6) is -3.20. The van der Waals surface area contributed by atoms with Gasteiger partial charge in [0.1, 0.15) is 21.3 Å². The fourth-order valence-corrected chi connectivity index (χ4v) is 5.55. The minimum absolute atomic E-state index is 0.00172. The highest BCUT2D eigenvalue weighted by Crippen LogP contribution is 2.43. The minimum atomic E-state index is -5.06. The Labute approximate surface area is 264 Å². The highest BCUT2D eigenvalue weighted by molar-refractivity contribution is 7.17. The van der Waals surface area contributed by atoms with E-state index in [1.54, 1.807) is 6.92 Å². The van der Waals surface area contributed by atoms with Crippen molar-refractivity contribution in [3.05, 3.63) is 46.4 Å². The molecule has 0 atom stereocenters. The molecule has 0 aromatic carbocycles. The number of pyridine rings is 2. The number of urea groups is 1. The van der Waals surface area contributed by atoms with Gasteiger partial charge < -0.3 is 24.8 Å². The standard InChI is InChI=1S/C28H30F3N7O7S/c1-4-33-27(42)37-22-19(26(41)44-3)18(17(14-35-22)15-11-16(13-32-12-15)25(40)43-2)24-36-21(28(29,30)31)20(46-24)23(39)34-5-6-38-7-9-45-10-8-38/h11-14H,4-10H2,1-3H3,(H,34,39)(H2,33,35,37,42). The summed E-state index contributed by atoms with van der Waals surface area (Å²) in [6.45, 7) is 4.56. The van der Waals surface area contributed by atoms with Gasteiger partial charge in [-0.3, -0.25) is 20.0 Å². The van der Waals surface area contributed by atoms with Crippen molar-refractivity contribution in [2.45, 2.75) is 13.1 Å². The molecule has 18 heteroatoms. The van der Waals surface area contributed by atoms with Crippen LogP contribution >= 0.6 is 11.3 Å². The third-order valence-corrected chi connectivity index (χ3v) is 7.71. The Bertz CT molecular complexity index is 1610. The first-order chi connectivity index (χ1) is 22.0. The van der Waals surface area contributed by atoms with Gasteiger partial charge in [-0.1, -0.05) is 0 Å². The summed E-state index contributed by atoms with van der Waals surface area (Å²) in [4.78, 5) is 64.3. The molecule has 4 heterocycles. The van der Waals surface area contributed by atoms with Crippen LogP contribution in [0.2, 0.25) is 0 Å². The van der Waals surface area contributed by atoms with Crippen molar-refractivity contribution >= 4 is 41.0 Å². The third kappa shape index (κ3) is 7.93. The number of methoxy groups -OCH3 is 2. The molecule has 3 aromatic rings. The maximum atomic E-state index is 14.3. The molecule has 0 bridgehead atoms. The van der Waals surface area contributed by atoms with Crippen LogP contribution in [0.1, 0.15) is 43.0 Å². The number of nitrogens with one attached hydrogen (secondary N) is 3. The predicted octanol–water partition coefficient (Wildman–Crippen LogP) is 3.06. The van der Waals surface area contributed by atoms with Crippen molar-refractivity contribution in [3.63, 3.8) is 0 Å². The monoisotopic (exact) mass is 665 g/mol. The van der Waals surface area contributed by atoms with E-state index in [0.29, 0.717) is 44.2 Å². The van der Waals surface area contributed by atoms with E-state index in [0.717, 1.165) is 20.4 Å². The Kier molecular flexibility index (Phi) is 11.2. The van der Waals surface area contributed by atoms with E-state index in [2.05, 4.69) is 30.9 Å². The first kappa shape index (κ1) is 34.2. The molecule has 0 saturated carbocycles. The van der Waals surface area contributed by atoms with Gasteiger partial charge in [-0.05, 0) is 13.0 Å². The van der Waals surface area contributed by atoms with Gasteiger partial charge in [0.05, 0.1) is 33.0 Å². The van der Waals surface area contributed by atoms with E-state index in [9.17, 15) is 32.3 Å². The van der Waals surface area contributed by atoms with Crippen LogP contribution in [-0.2, 0) is 20.4 Å². The molecule has 3 amide bonds. The molecule has 3 N–H and O–H groups in total. The summed E-state index contributed by atoms with van der Waals surface area (Å²) >= 11 is 0.385. The number of hydrogen-bond acceptors (Lipinski definition) is 12. The Morgan fingerprint density at radius 1 is 1.04 bits per heavy atom. The number of hydrogen-bond donors (Lipinski definition) is 3. The molecular weight excluding hydrogens is 635 g/mol. The molecule has 1 aliphatic rings. The van der Waals surface area contributed by atoms with Crippen LogP contribution in [0.15, 0.2) is 24.7 Å². The smallest absolute Gasteiger partial charge is 0.435 e. The van der Waals surface area contributed by atoms with Gasteiger partial charge in [-0.25, -0.2) is 24.4 Å². The van der Waals surface area contributed by atoms with Gasteiger partial charge in [-0.15, -0.1) is 11.3 Å². The molecule has 14 nitrogen and oxygen atoms in total. The lowest BCUT2D eigenvalue weighted by atomic mass is 9.97. The zero-order valence-electron chi connectivity index (χ0n) is 24.9. The summed E-state index contributed by atoms with van der Waals surface area (Å²) in [5, 5.41) is 6.97. The molecule has 3 aromatic heterocycles. The maximum Gasteiger partial charge on any atom is 0.435 e. The molecule has 1 aliphatic heterocycles. The van der Waals surface area contributed by atoms with Crippen molar-refractivity contribution < 1.29 is 46.6 Å². The van der Waals surface area contributed by atoms with E-state index >= 15 is 0 Å². The van der Waals surface area contributed by atoms with Crippen molar-refractivity contribution in [1.82, 2.24) is 30.5 Å². The highest BCUT2D eigenvalue weighted by Gasteiger charge is 2.41. The Hall–Kier alpha value is -4.68. The fraction of sp³-hybridized carbons (Fsp3) is 0.393. The molecule has 0 unspecified atom stereocenters. The Morgan fingerprint density at radius 3 is 2.41 bits per heavy atom. The van der Waals surface area contributed by atoms with E-state index < -0.39 is 51.2 Å². The number of esters is 2. The molecule has 246 valence electrons. The number of carbonyl (C=O) groups excluding carboxylic acids is 4. The van der Waals surface area contributed by atoms with Crippen molar-refractivity contribution in [1.29, 1.82) is 0 Å². The maximum absolute atomic E-state index is 14.3. The van der Waals surface area contributed by atoms with E-state index in [1.165, 1.54) is 18.5 Å². The van der Waals surface area contributed by atoms with Crippen molar-refractivity contribution in [3.8, 4) is 21.7 Å². The van der Waals surface area contributed by atoms with Crippen LogP contribution in [0, 0.1) is 0 Å². The van der Waals surface area contributed by atoms with E-state index in [4.69, 9.17) is 14.2 Å². The second-order valence-corrected chi connectivity index (χ2v) is 10.6. The fourth-order valence-electron chi connectivity index (χ4n) is 4.48. The number of alkyl halides is 3. The molecular formula is C28H30F3N7O7S. The predicted molar refractivity (Wildman–Crippen MR) is 159 cm³/mol. The number of ether oxygens (including phenoxy) is 3. The van der Waals surface area contributed by atoms with Crippen LogP contribution in [0.3, 0.4) is 0 Å². The lowest BCUT2D eigenvalue weighted by Gasteiger charge is -2.26. The van der Waals surface area contributed by atoms with Gasteiger partial charge in [0.2, 0.25) is 0 Å². The van der Waals surface area contributed by atoms with Gasteiger partial charge in [-0.2, -0.15) is 13.2 Å². The number of anilines is 1. The van der Waals surface area contributed by atoms with Crippen LogP contribution in [-0.4, -0.2) is 104 Å². The van der Waals surface area contributed by atoms with Gasteiger partial charge in [0.25, 0.3) is 5.91 Å². The number of halogens is 3. The lowest BCUT2D eigenvalue weighted by molar-refractivity contribution is -0.141. The summed E-state index contributed by atoms with van der Waals surface area (Å²) in [7, 11) is 2.19. The first-order valence-electron chi connectivity index (χ1n) is 13.8. The topological polar surface area (TPSA) is 174 Å². The SMILES string of the molecule is CCNC(=O)Nc1ncc(-c2cncc(C(=O)OC)c2)c(-c2nc(C(F)(F)F)c(C(=O)NCCN3CCOCC3)s2)c1C(=O)OC. The Balaban J connectivity index is 1.89. The molecule has 0 spiro atoms. The summed E-state index contributed by atoms with van der Waals surface area (Å²) in [6.07, 6.45) is -1.40. The average Bonchev–Trinajstić information content (AvgIpc) is 3.51. The van der Waals surface area contributed by atoms with Crippen LogP contribution in [0.4, 0.5) is 23.8 Å². The minimum Gasteiger partial charge on any atom is -0.465 e. The molecule has 0 aliphatic carbocycles. The van der Waals surface area contributed by atoms with Gasteiger partial charge in [0, 0.05) is 68.0 Å². The largest absolute Gasteiger partial charge is 0.465 e. The number of amides is 3. The van der Waals surface area contributed by atoms with Gasteiger partial charge >= 0.3 is 24.1 Å². The lowest BCUT2D eigenvalue weighted by Crippen LogP contribution is -2.41. The Morgan fingerprint density at radius 2 is 1.76 bits per heavy atom. The van der Waals surface area contributed by atoms with Gasteiger partial charge in [0.15, 0.2) is 5.69 Å². The normalized spacial score (nSPS) is 13.5.